The number of carboxylic acids is 1. The van der Waals surface area contributed by atoms with Crippen molar-refractivity contribution >= 4 is 16.4 Å². The molecule has 164 valence electrons. The van der Waals surface area contributed by atoms with Crippen LogP contribution in [0, 0.1) is 5.92 Å². The molecule has 0 amide bonds. The van der Waals surface area contributed by atoms with E-state index in [1.807, 2.05) is 0 Å². The first-order valence-corrected chi connectivity index (χ1v) is 9.59. The summed E-state index contributed by atoms with van der Waals surface area (Å²) in [5.74, 6) is -2.72. The Morgan fingerprint density at radius 1 is 1.00 bits per heavy atom. The van der Waals surface area contributed by atoms with Crippen molar-refractivity contribution < 1.29 is 61.3 Å². The lowest BCUT2D eigenvalue weighted by molar-refractivity contribution is -0.363. The van der Waals surface area contributed by atoms with Crippen molar-refractivity contribution in [3.05, 3.63) is 0 Å². The molecule has 0 spiro atoms. The van der Waals surface area contributed by atoms with Crippen molar-refractivity contribution in [1.29, 1.82) is 0 Å². The Hall–Kier alpha value is -0.940. The Kier molecular flexibility index (Phi) is 7.36. The number of aliphatic carboxylic acids is 1. The molecule has 0 radical (unpaired) electrons. The van der Waals surface area contributed by atoms with E-state index in [4.69, 9.17) is 18.9 Å². The zero-order chi connectivity index (χ0) is 21.4. The van der Waals surface area contributed by atoms with Crippen LogP contribution in [0.1, 0.15) is 13.8 Å². The van der Waals surface area contributed by atoms with Gasteiger partial charge in [-0.3, -0.25) is 4.18 Å². The monoisotopic (exact) mass is 430 g/mol. The molecular formula is C14H22O13S-2. The summed E-state index contributed by atoms with van der Waals surface area (Å²) in [5.41, 5.74) is 0. The molecule has 2 aliphatic heterocycles. The first kappa shape index (κ1) is 23.3. The van der Waals surface area contributed by atoms with Gasteiger partial charge in [-0.15, -0.1) is 0 Å². The number of rotatable bonds is 6. The number of hydrogen-bond acceptors (Lipinski definition) is 13. The minimum Gasteiger partial charge on any atom is -0.726 e. The first-order chi connectivity index (χ1) is 12.9. The number of aliphatic hydroxyl groups excluding tert-OH is 3. The molecule has 0 aliphatic carbocycles. The molecule has 2 rings (SSSR count). The quantitative estimate of drug-likeness (QED) is 0.270. The van der Waals surface area contributed by atoms with Crippen molar-refractivity contribution in [3.63, 3.8) is 0 Å². The molecule has 2 aliphatic rings. The van der Waals surface area contributed by atoms with Gasteiger partial charge in [-0.1, -0.05) is 6.92 Å². The van der Waals surface area contributed by atoms with E-state index in [2.05, 4.69) is 4.18 Å². The second-order valence-electron chi connectivity index (χ2n) is 6.59. The van der Waals surface area contributed by atoms with E-state index in [1.165, 1.54) is 13.8 Å². The van der Waals surface area contributed by atoms with E-state index in [9.17, 15) is 38.2 Å². The fourth-order valence-corrected chi connectivity index (χ4v) is 3.65. The first-order valence-electron chi connectivity index (χ1n) is 8.25. The highest BCUT2D eigenvalue weighted by atomic mass is 32.3. The number of carbonyl (C=O) groups is 1. The van der Waals surface area contributed by atoms with Crippen molar-refractivity contribution in [2.45, 2.75) is 69.2 Å². The maximum Gasteiger partial charge on any atom is 0.218 e. The minimum atomic E-state index is -5.30. The summed E-state index contributed by atoms with van der Waals surface area (Å²) in [4.78, 5) is 11.2. The molecule has 10 atom stereocenters. The van der Waals surface area contributed by atoms with Crippen molar-refractivity contribution in [2.24, 2.45) is 5.92 Å². The molecule has 0 aromatic carbocycles. The van der Waals surface area contributed by atoms with Gasteiger partial charge in [-0.2, -0.15) is 0 Å². The summed E-state index contributed by atoms with van der Waals surface area (Å²) < 4.78 is 58.2. The van der Waals surface area contributed by atoms with Crippen molar-refractivity contribution in [3.8, 4) is 0 Å². The molecule has 13 nitrogen and oxygen atoms in total. The molecule has 0 aromatic heterocycles. The molecule has 2 heterocycles. The average molecular weight is 430 g/mol. The summed E-state index contributed by atoms with van der Waals surface area (Å²) >= 11 is 0. The van der Waals surface area contributed by atoms with E-state index < -0.39 is 77.6 Å². The normalized spacial score (nSPS) is 45.0. The van der Waals surface area contributed by atoms with Crippen molar-refractivity contribution in [1.82, 2.24) is 0 Å². The lowest BCUT2D eigenvalue weighted by Gasteiger charge is -2.47. The fraction of sp³-hybridized carbons (Fsp3) is 0.929. The molecule has 2 saturated heterocycles. The summed E-state index contributed by atoms with van der Waals surface area (Å²) in [5, 5.41) is 41.6. The zero-order valence-corrected chi connectivity index (χ0v) is 15.9. The van der Waals surface area contributed by atoms with Gasteiger partial charge >= 0.3 is 0 Å². The maximum atomic E-state index is 11.2. The van der Waals surface area contributed by atoms with Crippen LogP contribution in [0.25, 0.3) is 0 Å². The number of aliphatic hydroxyl groups is 3. The molecule has 0 saturated carbocycles. The van der Waals surface area contributed by atoms with Crippen LogP contribution in [-0.4, -0.2) is 96.7 Å². The molecule has 3 unspecified atom stereocenters. The molecule has 14 heteroatoms. The average Bonchev–Trinajstić information content (AvgIpc) is 2.59. The van der Waals surface area contributed by atoms with Gasteiger partial charge in [0.25, 0.3) is 0 Å². The molecule has 0 bridgehead atoms. The molecule has 2 fully saturated rings. The Morgan fingerprint density at radius 2 is 1.61 bits per heavy atom. The van der Waals surface area contributed by atoms with E-state index >= 15 is 0 Å². The van der Waals surface area contributed by atoms with E-state index in [-0.39, 0.29) is 0 Å². The predicted molar refractivity (Wildman–Crippen MR) is 81.6 cm³/mol. The second kappa shape index (κ2) is 8.83. The van der Waals surface area contributed by atoms with Gasteiger partial charge in [0, 0.05) is 13.0 Å². The summed E-state index contributed by atoms with van der Waals surface area (Å²) in [6.45, 7) is 2.67. The highest BCUT2D eigenvalue weighted by Gasteiger charge is 2.51. The minimum absolute atomic E-state index is 1.04. The van der Waals surface area contributed by atoms with Gasteiger partial charge in [0.1, 0.15) is 30.5 Å². The summed E-state index contributed by atoms with van der Waals surface area (Å²) in [6.07, 6.45) is -14.3. The van der Waals surface area contributed by atoms with Crippen molar-refractivity contribution in [2.75, 3.05) is 7.11 Å². The Labute approximate surface area is 160 Å². The number of methoxy groups -OCH3 is 1. The second-order valence-corrected chi connectivity index (χ2v) is 7.60. The van der Waals surface area contributed by atoms with Gasteiger partial charge in [0.05, 0.1) is 18.2 Å². The number of hydrogen-bond donors (Lipinski definition) is 3. The van der Waals surface area contributed by atoms with Crippen LogP contribution >= 0.6 is 0 Å². The lowest BCUT2D eigenvalue weighted by Crippen LogP contribution is -2.64. The van der Waals surface area contributed by atoms with Crippen LogP contribution < -0.4 is 5.11 Å². The molecule has 0 aromatic rings. The number of ether oxygens (including phenoxy) is 4. The third-order valence-electron chi connectivity index (χ3n) is 4.66. The van der Waals surface area contributed by atoms with Gasteiger partial charge in [-0.25, -0.2) is 8.42 Å². The smallest absolute Gasteiger partial charge is 0.218 e. The van der Waals surface area contributed by atoms with E-state index in [0.29, 0.717) is 0 Å². The van der Waals surface area contributed by atoms with Crippen LogP contribution in [-0.2, 0) is 38.3 Å². The summed E-state index contributed by atoms with van der Waals surface area (Å²) in [7, 11) is -4.15. The van der Waals surface area contributed by atoms with Crippen LogP contribution in [0.4, 0.5) is 0 Å². The standard InChI is InChI=1S/C14H24O13S/c1-4-6(15)7(16)14(25-9(4)12(18)19)26-10-5(2)24-13(23-3)8(17)11(10)27-28(20,21)22/h4-11,13-17H,1-3H3,(H,18,19)(H,20,21,22)/p-2/t4-,5?,6-,7+,8-,9?,10-,11-,13?,14-/m0/s1. The van der Waals surface area contributed by atoms with E-state index in [1.54, 1.807) is 0 Å². The zero-order valence-electron chi connectivity index (χ0n) is 15.1. The van der Waals surface area contributed by atoms with Crippen LogP contribution in [0.15, 0.2) is 0 Å². The van der Waals surface area contributed by atoms with Crippen LogP contribution in [0.5, 0.6) is 0 Å². The Balaban J connectivity index is 2.27. The molecule has 28 heavy (non-hydrogen) atoms. The third kappa shape index (κ3) is 4.96. The van der Waals surface area contributed by atoms with Gasteiger partial charge in [-0.05, 0) is 6.92 Å². The number of carbonyl (C=O) groups excluding carboxylic acids is 1. The topological polar surface area (TPSA) is 204 Å². The highest BCUT2D eigenvalue weighted by Crippen LogP contribution is 2.32. The SMILES string of the molecule is COC1OC(C)[C@H](O[C@@H]2OC(C(=O)[O-])[C@@H](C)[C@H](O)[C@H]2O)[C@@H](OS(=O)(=O)[O-])[C@@H]1O. The fourth-order valence-electron chi connectivity index (χ4n) is 3.15. The van der Waals surface area contributed by atoms with Gasteiger partial charge in [0.2, 0.25) is 10.4 Å². The molecular weight excluding hydrogens is 408 g/mol. The van der Waals surface area contributed by atoms with Crippen LogP contribution in [0.3, 0.4) is 0 Å². The van der Waals surface area contributed by atoms with E-state index in [0.717, 1.165) is 7.11 Å². The lowest BCUT2D eigenvalue weighted by atomic mass is 9.90. The van der Waals surface area contributed by atoms with Gasteiger partial charge < -0.3 is 48.7 Å². The Bertz CT molecular complexity index is 654. The third-order valence-corrected chi connectivity index (χ3v) is 5.12. The van der Waals surface area contributed by atoms with Crippen LogP contribution in [0.2, 0.25) is 0 Å². The highest BCUT2D eigenvalue weighted by molar-refractivity contribution is 7.80. The van der Waals surface area contributed by atoms with Gasteiger partial charge in [0.15, 0.2) is 12.6 Å². The number of carboxylic acid groups (broad SMARTS) is 1. The maximum absolute atomic E-state index is 11.2. The predicted octanol–water partition coefficient (Wildman–Crippen LogP) is -4.20. The Morgan fingerprint density at radius 3 is 2.11 bits per heavy atom. The summed E-state index contributed by atoms with van der Waals surface area (Å²) in [6, 6.07) is 0. The molecule has 3 N–H and O–H groups in total. The largest absolute Gasteiger partial charge is 0.726 e.